The molecule has 0 aliphatic rings. The summed E-state index contributed by atoms with van der Waals surface area (Å²) in [5.74, 6) is -3.99. The molecule has 0 saturated carbocycles. The Labute approximate surface area is 117 Å². The molecule has 0 heterocycles. The topological polar surface area (TPSA) is 90.2 Å². The fraction of sp³-hybridized carbons (Fsp3) is 0.250. The number of carboxylic acids is 1. The summed E-state index contributed by atoms with van der Waals surface area (Å²) >= 11 is 0.616. The van der Waals surface area contributed by atoms with Gasteiger partial charge in [0.05, 0.1) is 16.5 Å². The van der Waals surface area contributed by atoms with Crippen molar-refractivity contribution in [2.75, 3.05) is 5.75 Å². The molecule has 0 spiro atoms. The summed E-state index contributed by atoms with van der Waals surface area (Å²) < 4.78 is 27.1. The standard InChI is InChI=1S/C12H10F2N2O3S/c1-6(17)16-10(12(18)19)5-20-11-8(13)2-7(4-15)3-9(11)14/h2-3,10H,5H2,1H3,(H,16,17)(H,18,19). The third kappa shape index (κ3) is 4.20. The fourth-order valence-electron chi connectivity index (χ4n) is 1.35. The maximum atomic E-state index is 13.6. The lowest BCUT2D eigenvalue weighted by Crippen LogP contribution is -2.41. The normalized spacial score (nSPS) is 11.5. The molecule has 1 amide bonds. The second-order valence-electron chi connectivity index (χ2n) is 3.78. The number of rotatable bonds is 5. The van der Waals surface area contributed by atoms with Crippen LogP contribution in [0.2, 0.25) is 0 Å². The van der Waals surface area contributed by atoms with E-state index < -0.39 is 29.6 Å². The molecule has 5 nitrogen and oxygen atoms in total. The molecule has 0 aromatic heterocycles. The van der Waals surface area contributed by atoms with Gasteiger partial charge in [-0.3, -0.25) is 4.79 Å². The molecular weight excluding hydrogens is 290 g/mol. The predicted molar refractivity (Wildman–Crippen MR) is 67.0 cm³/mol. The van der Waals surface area contributed by atoms with Crippen LogP contribution in [0.15, 0.2) is 17.0 Å². The van der Waals surface area contributed by atoms with E-state index in [-0.39, 0.29) is 16.2 Å². The third-order valence-electron chi connectivity index (χ3n) is 2.20. The maximum absolute atomic E-state index is 13.6. The zero-order chi connectivity index (χ0) is 15.3. The van der Waals surface area contributed by atoms with Crippen molar-refractivity contribution in [1.82, 2.24) is 5.32 Å². The van der Waals surface area contributed by atoms with Gasteiger partial charge in [0, 0.05) is 12.7 Å². The summed E-state index contributed by atoms with van der Waals surface area (Å²) in [6.45, 7) is 1.14. The highest BCUT2D eigenvalue weighted by Gasteiger charge is 2.21. The lowest BCUT2D eigenvalue weighted by molar-refractivity contribution is -0.140. The van der Waals surface area contributed by atoms with E-state index in [2.05, 4.69) is 5.32 Å². The minimum atomic E-state index is -1.30. The maximum Gasteiger partial charge on any atom is 0.327 e. The van der Waals surface area contributed by atoms with E-state index in [1.807, 2.05) is 0 Å². The van der Waals surface area contributed by atoms with E-state index in [4.69, 9.17) is 10.4 Å². The van der Waals surface area contributed by atoms with Crippen LogP contribution in [0, 0.1) is 23.0 Å². The SMILES string of the molecule is CC(=O)NC(CSc1c(F)cc(C#N)cc1F)C(=O)O. The van der Waals surface area contributed by atoms with Crippen LogP contribution in [0.25, 0.3) is 0 Å². The summed E-state index contributed by atoms with van der Waals surface area (Å²) in [4.78, 5) is 21.3. The average Bonchev–Trinajstić information content (AvgIpc) is 2.35. The van der Waals surface area contributed by atoms with Crippen LogP contribution in [0.5, 0.6) is 0 Å². The van der Waals surface area contributed by atoms with Crippen molar-refractivity contribution in [2.24, 2.45) is 0 Å². The molecule has 0 radical (unpaired) electrons. The molecular formula is C12H10F2N2O3S. The first-order chi connectivity index (χ1) is 9.35. The molecule has 8 heteroatoms. The van der Waals surface area contributed by atoms with Crippen molar-refractivity contribution in [3.8, 4) is 6.07 Å². The Kier molecular flexibility index (Phi) is 5.46. The molecule has 20 heavy (non-hydrogen) atoms. The number of hydrogen-bond acceptors (Lipinski definition) is 4. The van der Waals surface area contributed by atoms with Gasteiger partial charge < -0.3 is 10.4 Å². The molecule has 2 N–H and O–H groups in total. The molecule has 0 fully saturated rings. The summed E-state index contributed by atoms with van der Waals surface area (Å²) in [7, 11) is 0. The van der Waals surface area contributed by atoms with Gasteiger partial charge in [-0.1, -0.05) is 0 Å². The summed E-state index contributed by atoms with van der Waals surface area (Å²) in [6, 6.07) is 2.07. The highest BCUT2D eigenvalue weighted by atomic mass is 32.2. The van der Waals surface area contributed by atoms with Crippen LogP contribution in [-0.2, 0) is 9.59 Å². The molecule has 1 rings (SSSR count). The fourth-order valence-corrected chi connectivity index (χ4v) is 2.30. The number of nitrogens with one attached hydrogen (secondary N) is 1. The molecule has 1 unspecified atom stereocenters. The van der Waals surface area contributed by atoms with Gasteiger partial charge in [-0.2, -0.15) is 5.26 Å². The Morgan fingerprint density at radius 1 is 1.45 bits per heavy atom. The third-order valence-corrected chi connectivity index (χ3v) is 3.38. The van der Waals surface area contributed by atoms with Gasteiger partial charge in [-0.05, 0) is 12.1 Å². The van der Waals surface area contributed by atoms with Crippen LogP contribution < -0.4 is 5.32 Å². The molecule has 0 aliphatic carbocycles. The van der Waals surface area contributed by atoms with Crippen molar-refractivity contribution >= 4 is 23.6 Å². The number of carboxylic acid groups (broad SMARTS) is 1. The van der Waals surface area contributed by atoms with E-state index in [1.165, 1.54) is 0 Å². The van der Waals surface area contributed by atoms with Gasteiger partial charge in [0.15, 0.2) is 0 Å². The number of carbonyl (C=O) groups excluding carboxylic acids is 1. The predicted octanol–water partition coefficient (Wildman–Crippen LogP) is 1.52. The molecule has 0 aliphatic heterocycles. The zero-order valence-electron chi connectivity index (χ0n) is 10.3. The van der Waals surface area contributed by atoms with Crippen LogP contribution in [0.3, 0.4) is 0 Å². The highest BCUT2D eigenvalue weighted by Crippen LogP contribution is 2.26. The summed E-state index contributed by atoms with van der Waals surface area (Å²) in [6.07, 6.45) is 0. The molecule has 0 saturated heterocycles. The Morgan fingerprint density at radius 2 is 2.00 bits per heavy atom. The minimum absolute atomic E-state index is 0.166. The van der Waals surface area contributed by atoms with E-state index in [0.29, 0.717) is 11.8 Å². The number of thioether (sulfide) groups is 1. The van der Waals surface area contributed by atoms with Gasteiger partial charge in [0.1, 0.15) is 17.7 Å². The second-order valence-corrected chi connectivity index (χ2v) is 4.81. The molecule has 0 bridgehead atoms. The van der Waals surface area contributed by atoms with Crippen LogP contribution in [0.1, 0.15) is 12.5 Å². The van der Waals surface area contributed by atoms with Crippen molar-refractivity contribution in [2.45, 2.75) is 17.9 Å². The number of aliphatic carboxylic acids is 1. The van der Waals surface area contributed by atoms with Crippen LogP contribution >= 0.6 is 11.8 Å². The zero-order valence-corrected chi connectivity index (χ0v) is 11.1. The number of hydrogen-bond donors (Lipinski definition) is 2. The van der Waals surface area contributed by atoms with Crippen molar-refractivity contribution < 1.29 is 23.5 Å². The van der Waals surface area contributed by atoms with E-state index in [9.17, 15) is 18.4 Å². The average molecular weight is 300 g/mol. The molecule has 1 aromatic carbocycles. The number of nitriles is 1. The van der Waals surface area contributed by atoms with Crippen molar-refractivity contribution in [3.05, 3.63) is 29.3 Å². The number of nitrogens with zero attached hydrogens (tertiary/aromatic N) is 1. The Balaban J connectivity index is 2.86. The van der Waals surface area contributed by atoms with Gasteiger partial charge in [0.2, 0.25) is 5.91 Å². The Morgan fingerprint density at radius 3 is 2.40 bits per heavy atom. The number of halogens is 2. The van der Waals surface area contributed by atoms with Crippen LogP contribution in [0.4, 0.5) is 8.78 Å². The lowest BCUT2D eigenvalue weighted by atomic mass is 10.2. The van der Waals surface area contributed by atoms with E-state index >= 15 is 0 Å². The van der Waals surface area contributed by atoms with Crippen molar-refractivity contribution in [3.63, 3.8) is 0 Å². The van der Waals surface area contributed by atoms with Gasteiger partial charge >= 0.3 is 5.97 Å². The number of benzene rings is 1. The van der Waals surface area contributed by atoms with Crippen LogP contribution in [-0.4, -0.2) is 28.8 Å². The lowest BCUT2D eigenvalue weighted by Gasteiger charge is -2.13. The summed E-state index contributed by atoms with van der Waals surface area (Å²) in [5.41, 5.74) is -0.166. The Hall–Kier alpha value is -2.14. The van der Waals surface area contributed by atoms with Gasteiger partial charge in [0.25, 0.3) is 0 Å². The van der Waals surface area contributed by atoms with Gasteiger partial charge in [-0.25, -0.2) is 13.6 Å². The summed E-state index contributed by atoms with van der Waals surface area (Å²) in [5, 5.41) is 19.6. The first-order valence-corrected chi connectivity index (χ1v) is 6.35. The second kappa shape index (κ2) is 6.86. The quantitative estimate of drug-likeness (QED) is 0.805. The molecule has 1 atom stereocenters. The van der Waals surface area contributed by atoms with Crippen molar-refractivity contribution in [1.29, 1.82) is 5.26 Å². The number of amides is 1. The minimum Gasteiger partial charge on any atom is -0.480 e. The van der Waals surface area contributed by atoms with E-state index in [1.54, 1.807) is 6.07 Å². The molecule has 1 aromatic rings. The highest BCUT2D eigenvalue weighted by molar-refractivity contribution is 7.99. The first kappa shape index (κ1) is 15.9. The largest absolute Gasteiger partial charge is 0.480 e. The molecule has 106 valence electrons. The van der Waals surface area contributed by atoms with E-state index in [0.717, 1.165) is 19.1 Å². The Bertz CT molecular complexity index is 564. The number of carbonyl (C=O) groups is 2. The monoisotopic (exact) mass is 300 g/mol. The van der Waals surface area contributed by atoms with Gasteiger partial charge in [-0.15, -0.1) is 11.8 Å². The first-order valence-electron chi connectivity index (χ1n) is 5.37. The smallest absolute Gasteiger partial charge is 0.327 e.